The maximum atomic E-state index is 5.40. The Morgan fingerprint density at radius 2 is 1.85 bits per heavy atom. The molecule has 6 heteroatoms. The summed E-state index contributed by atoms with van der Waals surface area (Å²) in [5.41, 5.74) is 7.10. The van der Waals surface area contributed by atoms with Crippen molar-refractivity contribution in [3.63, 3.8) is 0 Å². The van der Waals surface area contributed by atoms with E-state index < -0.39 is 0 Å². The van der Waals surface area contributed by atoms with Crippen LogP contribution in [-0.4, -0.2) is 41.1 Å². The van der Waals surface area contributed by atoms with Crippen LogP contribution in [0.4, 0.5) is 0 Å². The van der Waals surface area contributed by atoms with Crippen molar-refractivity contribution in [1.29, 1.82) is 0 Å². The van der Waals surface area contributed by atoms with Gasteiger partial charge in [-0.2, -0.15) is 0 Å². The molecular weight excluding hydrogens is 356 g/mol. The average molecular weight is 379 g/mol. The number of hydrogen-bond acceptors (Lipinski definition) is 6. The quantitative estimate of drug-likeness (QED) is 0.520. The van der Waals surface area contributed by atoms with Gasteiger partial charge in [-0.25, -0.2) is 9.97 Å². The molecule has 138 valence electrons. The molecule has 0 bridgehead atoms. The van der Waals surface area contributed by atoms with Gasteiger partial charge in [-0.05, 0) is 63.3 Å². The highest BCUT2D eigenvalue weighted by Crippen LogP contribution is 2.37. The average Bonchev–Trinajstić information content (AvgIpc) is 3.04. The Hall–Kier alpha value is -2.57. The predicted molar refractivity (Wildman–Crippen MR) is 112 cm³/mol. The predicted octanol–water partition coefficient (Wildman–Crippen LogP) is 4.59. The Bertz CT molecular complexity index is 1150. The topological polar surface area (TPSA) is 51.1 Å². The lowest BCUT2D eigenvalue weighted by molar-refractivity contribution is 0.397. The van der Waals surface area contributed by atoms with Crippen LogP contribution in [0.1, 0.15) is 16.8 Å². The molecular formula is C21H22N4OS. The van der Waals surface area contributed by atoms with Crippen LogP contribution in [0, 0.1) is 13.8 Å². The van der Waals surface area contributed by atoms with Crippen molar-refractivity contribution in [2.75, 3.05) is 21.2 Å². The molecule has 0 fully saturated rings. The Morgan fingerprint density at radius 3 is 2.59 bits per heavy atom. The third-order valence-corrected chi connectivity index (χ3v) is 5.48. The van der Waals surface area contributed by atoms with E-state index in [-0.39, 0.29) is 0 Å². The maximum Gasteiger partial charge on any atom is 0.126 e. The maximum absolute atomic E-state index is 5.40. The van der Waals surface area contributed by atoms with Crippen LogP contribution in [0.15, 0.2) is 30.5 Å². The van der Waals surface area contributed by atoms with Gasteiger partial charge in [0, 0.05) is 12.1 Å². The first kappa shape index (κ1) is 17.8. The number of hydrogen-bond donors (Lipinski definition) is 0. The molecule has 0 atom stereocenters. The molecule has 0 radical (unpaired) electrons. The summed E-state index contributed by atoms with van der Waals surface area (Å²) in [7, 11) is 5.76. The highest BCUT2D eigenvalue weighted by molar-refractivity contribution is 7.21. The molecule has 2 aromatic carbocycles. The van der Waals surface area contributed by atoms with E-state index in [1.54, 1.807) is 18.4 Å². The molecule has 0 amide bonds. The van der Waals surface area contributed by atoms with Crippen LogP contribution in [0.25, 0.3) is 31.8 Å². The molecule has 0 aliphatic rings. The molecule has 0 unspecified atom stereocenters. The van der Waals surface area contributed by atoms with Gasteiger partial charge in [0.15, 0.2) is 0 Å². The Kier molecular flexibility index (Phi) is 4.53. The molecule has 0 spiro atoms. The van der Waals surface area contributed by atoms with Gasteiger partial charge >= 0.3 is 0 Å². The van der Waals surface area contributed by atoms with Crippen molar-refractivity contribution < 1.29 is 4.74 Å². The molecule has 2 aromatic heterocycles. The number of nitrogens with zero attached hydrogens (tertiary/aromatic N) is 4. The first-order valence-corrected chi connectivity index (χ1v) is 9.63. The smallest absolute Gasteiger partial charge is 0.126 e. The Morgan fingerprint density at radius 1 is 1.04 bits per heavy atom. The number of rotatable bonds is 4. The Balaban J connectivity index is 1.90. The summed E-state index contributed by atoms with van der Waals surface area (Å²) in [6, 6.07) is 8.30. The van der Waals surface area contributed by atoms with E-state index in [9.17, 15) is 0 Å². The van der Waals surface area contributed by atoms with Crippen LogP contribution in [-0.2, 0) is 6.54 Å². The van der Waals surface area contributed by atoms with Gasteiger partial charge in [0.25, 0.3) is 0 Å². The lowest BCUT2D eigenvalue weighted by Gasteiger charge is -2.10. The molecule has 0 saturated heterocycles. The summed E-state index contributed by atoms with van der Waals surface area (Å²) >= 11 is 1.67. The zero-order chi connectivity index (χ0) is 19.1. The Labute approximate surface area is 162 Å². The third kappa shape index (κ3) is 3.38. The second kappa shape index (κ2) is 6.87. The fraction of sp³-hybridized carbons (Fsp3) is 0.286. The molecule has 0 N–H and O–H groups in total. The second-order valence-corrected chi connectivity index (χ2v) is 8.12. The number of methoxy groups -OCH3 is 1. The lowest BCUT2D eigenvalue weighted by Crippen LogP contribution is -2.12. The fourth-order valence-corrected chi connectivity index (χ4v) is 4.35. The number of thiazole rings is 1. The molecule has 2 heterocycles. The zero-order valence-electron chi connectivity index (χ0n) is 16.2. The minimum Gasteiger partial charge on any atom is -0.497 e. The van der Waals surface area contributed by atoms with Crippen molar-refractivity contribution in [2.24, 2.45) is 0 Å². The third-order valence-electron chi connectivity index (χ3n) is 4.44. The van der Waals surface area contributed by atoms with Crippen molar-refractivity contribution in [3.8, 4) is 16.3 Å². The molecule has 4 rings (SSSR count). The first-order chi connectivity index (χ1) is 12.9. The summed E-state index contributed by atoms with van der Waals surface area (Å²) in [5, 5.41) is 0.963. The van der Waals surface area contributed by atoms with E-state index in [0.29, 0.717) is 0 Å². The van der Waals surface area contributed by atoms with Gasteiger partial charge in [0.2, 0.25) is 0 Å². The monoisotopic (exact) mass is 378 g/mol. The van der Waals surface area contributed by atoms with Crippen LogP contribution in [0.5, 0.6) is 5.75 Å². The van der Waals surface area contributed by atoms with Crippen molar-refractivity contribution in [3.05, 3.63) is 47.3 Å². The van der Waals surface area contributed by atoms with Gasteiger partial charge in [0.05, 0.1) is 40.3 Å². The van der Waals surface area contributed by atoms with E-state index in [1.807, 2.05) is 32.4 Å². The molecule has 4 aromatic rings. The highest BCUT2D eigenvalue weighted by Gasteiger charge is 2.15. The number of fused-ring (bicyclic) bond motifs is 2. The van der Waals surface area contributed by atoms with Gasteiger partial charge < -0.3 is 9.64 Å². The van der Waals surface area contributed by atoms with E-state index in [2.05, 4.69) is 30.9 Å². The van der Waals surface area contributed by atoms with Crippen LogP contribution >= 0.6 is 11.3 Å². The van der Waals surface area contributed by atoms with Crippen molar-refractivity contribution >= 4 is 32.6 Å². The summed E-state index contributed by atoms with van der Waals surface area (Å²) < 4.78 is 6.52. The fourth-order valence-electron chi connectivity index (χ4n) is 3.26. The van der Waals surface area contributed by atoms with Gasteiger partial charge in [-0.1, -0.05) is 0 Å². The minimum absolute atomic E-state index is 0.770. The van der Waals surface area contributed by atoms with Crippen LogP contribution in [0.3, 0.4) is 0 Å². The summed E-state index contributed by atoms with van der Waals surface area (Å²) in [6.07, 6.45) is 1.86. The number of benzene rings is 2. The molecule has 5 nitrogen and oxygen atoms in total. The van der Waals surface area contributed by atoms with E-state index in [1.165, 1.54) is 0 Å². The molecule has 0 saturated carbocycles. The van der Waals surface area contributed by atoms with Crippen LogP contribution < -0.4 is 4.74 Å². The van der Waals surface area contributed by atoms with E-state index in [4.69, 9.17) is 19.7 Å². The van der Waals surface area contributed by atoms with Crippen molar-refractivity contribution in [2.45, 2.75) is 20.4 Å². The largest absolute Gasteiger partial charge is 0.497 e. The summed E-state index contributed by atoms with van der Waals surface area (Å²) in [6.45, 7) is 4.92. The zero-order valence-corrected chi connectivity index (χ0v) is 17.0. The molecule has 0 aliphatic carbocycles. The SMILES string of the molecule is COc1cc(C)c2nc(-c3cc(C)cc4nc(CN(C)C)cnc34)sc2c1. The summed E-state index contributed by atoms with van der Waals surface area (Å²) in [4.78, 5) is 16.5. The van der Waals surface area contributed by atoms with Crippen LogP contribution in [0.2, 0.25) is 0 Å². The number of aromatic nitrogens is 3. The normalized spacial score (nSPS) is 11.6. The van der Waals surface area contributed by atoms with Gasteiger partial charge in [-0.15, -0.1) is 11.3 Å². The lowest BCUT2D eigenvalue weighted by atomic mass is 10.1. The molecule has 0 aliphatic heterocycles. The standard InChI is InChI=1S/C21H22N4OS/c1-12-6-16(20-17(7-12)23-14(10-22-20)11-25(3)4)21-24-19-13(2)8-15(26-5)9-18(19)27-21/h6-10H,11H2,1-5H3. The highest BCUT2D eigenvalue weighted by atomic mass is 32.1. The number of aryl methyl sites for hydroxylation is 2. The van der Waals surface area contributed by atoms with E-state index in [0.717, 1.165) is 60.9 Å². The van der Waals surface area contributed by atoms with Crippen molar-refractivity contribution in [1.82, 2.24) is 19.9 Å². The minimum atomic E-state index is 0.770. The summed E-state index contributed by atoms with van der Waals surface area (Å²) in [5.74, 6) is 0.859. The first-order valence-electron chi connectivity index (χ1n) is 8.81. The second-order valence-electron chi connectivity index (χ2n) is 7.09. The number of ether oxygens (including phenoxy) is 1. The van der Waals surface area contributed by atoms with Gasteiger partial charge in [-0.3, -0.25) is 4.98 Å². The molecule has 27 heavy (non-hydrogen) atoms. The van der Waals surface area contributed by atoms with Gasteiger partial charge in [0.1, 0.15) is 10.8 Å². The van der Waals surface area contributed by atoms with E-state index >= 15 is 0 Å².